The Morgan fingerprint density at radius 3 is 2.71 bits per heavy atom. The van der Waals surface area contributed by atoms with Gasteiger partial charge >= 0.3 is 0 Å². The number of amides is 1. The number of anilines is 1. The molecule has 0 radical (unpaired) electrons. The van der Waals surface area contributed by atoms with Crippen LogP contribution >= 0.6 is 0 Å². The summed E-state index contributed by atoms with van der Waals surface area (Å²) >= 11 is 0. The number of hydrogen-bond acceptors (Lipinski definition) is 4. The number of phenols is 1. The van der Waals surface area contributed by atoms with Crippen molar-refractivity contribution in [3.63, 3.8) is 0 Å². The fraction of sp³-hybridized carbons (Fsp3) is 0.424. The van der Waals surface area contributed by atoms with Gasteiger partial charge in [-0.25, -0.2) is 9.97 Å². The molecule has 2 aromatic carbocycles. The van der Waals surface area contributed by atoms with Crippen molar-refractivity contribution in [3.05, 3.63) is 82.2 Å². The number of benzene rings is 2. The first-order valence-corrected chi connectivity index (χ1v) is 14.1. The molecule has 1 heterocycles. The molecule has 2 atom stereocenters. The van der Waals surface area contributed by atoms with Crippen molar-refractivity contribution in [2.45, 2.75) is 78.1 Å². The van der Waals surface area contributed by atoms with E-state index in [0.717, 1.165) is 65.9 Å². The predicted octanol–water partition coefficient (Wildman–Crippen LogP) is 6.98. The molecule has 1 amide bonds. The Bertz CT molecular complexity index is 1410. The summed E-state index contributed by atoms with van der Waals surface area (Å²) in [5.41, 5.74) is 9.29. The highest BCUT2D eigenvalue weighted by Gasteiger charge is 2.38. The zero-order valence-electron chi connectivity index (χ0n) is 22.5. The molecular formula is C33H37N3O2. The molecule has 3 aromatic rings. The quantitative estimate of drug-likeness (QED) is 0.365. The number of allylic oxidation sites excluding steroid dienone is 2. The van der Waals surface area contributed by atoms with Gasteiger partial charge in [-0.1, -0.05) is 48.4 Å². The van der Waals surface area contributed by atoms with Crippen LogP contribution in [0.1, 0.15) is 74.9 Å². The zero-order valence-corrected chi connectivity index (χ0v) is 22.5. The standard InChI is InChI=1S/C33H37N3O2/c1-21-16-24-13-15-33(19-21,14-12-22(24)2)20-29-32(36-30(38)17-23-6-4-3-5-7-23)35-28-11-8-25-18-26(37)9-10-27(25)31(28)34-29/h3-7,9-10,18,21,37H,8,11-17,19-20H2,1-2H3,(H,35,36,38). The molecule has 5 nitrogen and oxygen atoms in total. The number of aromatic nitrogens is 2. The summed E-state index contributed by atoms with van der Waals surface area (Å²) in [6.45, 7) is 4.71. The summed E-state index contributed by atoms with van der Waals surface area (Å²) in [7, 11) is 0. The van der Waals surface area contributed by atoms with Gasteiger partial charge in [0, 0.05) is 5.56 Å². The number of aromatic hydroxyl groups is 1. The second-order valence-corrected chi connectivity index (χ2v) is 11.9. The lowest BCUT2D eigenvalue weighted by Crippen LogP contribution is -2.28. The Kier molecular flexibility index (Phi) is 6.55. The largest absolute Gasteiger partial charge is 0.508 e. The van der Waals surface area contributed by atoms with Crippen LogP contribution in [0.15, 0.2) is 59.7 Å². The molecule has 5 heteroatoms. The van der Waals surface area contributed by atoms with Gasteiger partial charge in [0.25, 0.3) is 0 Å². The topological polar surface area (TPSA) is 75.1 Å². The molecule has 2 bridgehead atoms. The number of nitrogens with one attached hydrogen (secondary N) is 1. The lowest BCUT2D eigenvalue weighted by Gasteiger charge is -2.35. The van der Waals surface area contributed by atoms with Gasteiger partial charge in [-0.15, -0.1) is 0 Å². The Balaban J connectivity index is 1.38. The Hall–Kier alpha value is -3.47. The van der Waals surface area contributed by atoms with Crippen LogP contribution in [0.25, 0.3) is 11.3 Å². The highest BCUT2D eigenvalue weighted by molar-refractivity contribution is 5.92. The normalized spacial score (nSPS) is 22.3. The number of fused-ring (bicyclic) bond motifs is 6. The van der Waals surface area contributed by atoms with Crippen molar-refractivity contribution >= 4 is 11.7 Å². The van der Waals surface area contributed by atoms with Crippen LogP contribution in [0.5, 0.6) is 5.75 Å². The first-order chi connectivity index (χ1) is 18.4. The van der Waals surface area contributed by atoms with E-state index in [1.165, 1.54) is 25.7 Å². The maximum atomic E-state index is 13.2. The lowest BCUT2D eigenvalue weighted by molar-refractivity contribution is -0.115. The van der Waals surface area contributed by atoms with E-state index in [2.05, 4.69) is 19.2 Å². The number of nitrogens with zero attached hydrogens (tertiary/aromatic N) is 2. The highest BCUT2D eigenvalue weighted by Crippen LogP contribution is 2.50. The van der Waals surface area contributed by atoms with Crippen molar-refractivity contribution in [2.24, 2.45) is 11.3 Å². The third-order valence-electron chi connectivity index (χ3n) is 8.99. The molecule has 1 saturated carbocycles. The van der Waals surface area contributed by atoms with Gasteiger partial charge in [-0.3, -0.25) is 4.79 Å². The lowest BCUT2D eigenvalue weighted by atomic mass is 9.70. The molecule has 0 saturated heterocycles. The summed E-state index contributed by atoms with van der Waals surface area (Å²) in [6.07, 6.45) is 9.74. The minimum absolute atomic E-state index is 0.0553. The first kappa shape index (κ1) is 24.8. The number of hydrogen-bond donors (Lipinski definition) is 2. The number of carbonyl (C=O) groups is 1. The van der Waals surface area contributed by atoms with Gasteiger partial charge in [0.15, 0.2) is 5.82 Å². The monoisotopic (exact) mass is 507 g/mol. The zero-order chi connectivity index (χ0) is 26.3. The smallest absolute Gasteiger partial charge is 0.229 e. The maximum absolute atomic E-state index is 13.2. The van der Waals surface area contributed by atoms with E-state index in [1.807, 2.05) is 42.5 Å². The Morgan fingerprint density at radius 2 is 1.87 bits per heavy atom. The average Bonchev–Trinajstić information content (AvgIpc) is 3.15. The molecule has 1 aromatic heterocycles. The summed E-state index contributed by atoms with van der Waals surface area (Å²) in [5.74, 6) is 1.51. The average molecular weight is 508 g/mol. The van der Waals surface area contributed by atoms with Gasteiger partial charge < -0.3 is 10.4 Å². The second-order valence-electron chi connectivity index (χ2n) is 11.9. The van der Waals surface area contributed by atoms with E-state index >= 15 is 0 Å². The summed E-state index contributed by atoms with van der Waals surface area (Å²) < 4.78 is 0. The molecule has 2 unspecified atom stereocenters. The van der Waals surface area contributed by atoms with Crippen LogP contribution in [-0.4, -0.2) is 21.0 Å². The number of phenolic OH excluding ortho intramolecular Hbond substituents is 1. The van der Waals surface area contributed by atoms with Crippen molar-refractivity contribution in [1.29, 1.82) is 0 Å². The molecular weight excluding hydrogens is 470 g/mol. The molecule has 0 spiro atoms. The minimum Gasteiger partial charge on any atom is -0.508 e. The van der Waals surface area contributed by atoms with E-state index < -0.39 is 0 Å². The molecule has 6 rings (SSSR count). The SMILES string of the molecule is CC1=C2CCC(Cc3nc4c(nc3NC(=O)Cc3ccccc3)CCc3cc(O)ccc3-4)(CC1)CC(C)C2. The molecule has 2 N–H and O–H groups in total. The van der Waals surface area contributed by atoms with Gasteiger partial charge in [0.05, 0.1) is 23.5 Å². The third-order valence-corrected chi connectivity index (χ3v) is 8.99. The molecule has 196 valence electrons. The van der Waals surface area contributed by atoms with Crippen LogP contribution in [0.3, 0.4) is 0 Å². The van der Waals surface area contributed by atoms with Crippen LogP contribution in [0.2, 0.25) is 0 Å². The second kappa shape index (κ2) is 10.0. The van der Waals surface area contributed by atoms with Crippen molar-refractivity contribution in [3.8, 4) is 17.0 Å². The van der Waals surface area contributed by atoms with Crippen LogP contribution in [0.4, 0.5) is 5.82 Å². The van der Waals surface area contributed by atoms with Crippen molar-refractivity contribution < 1.29 is 9.90 Å². The van der Waals surface area contributed by atoms with Gasteiger partial charge in [0.1, 0.15) is 5.75 Å². The van der Waals surface area contributed by atoms with Gasteiger partial charge in [-0.2, -0.15) is 0 Å². The molecule has 3 aliphatic rings. The van der Waals surface area contributed by atoms with Crippen molar-refractivity contribution in [2.75, 3.05) is 5.32 Å². The van der Waals surface area contributed by atoms with Gasteiger partial charge in [0.2, 0.25) is 5.91 Å². The minimum atomic E-state index is -0.0553. The molecule has 3 aliphatic carbocycles. The first-order valence-electron chi connectivity index (χ1n) is 14.1. The third kappa shape index (κ3) is 4.99. The summed E-state index contributed by atoms with van der Waals surface area (Å²) in [4.78, 5) is 23.5. The number of carbonyl (C=O) groups excluding carboxylic acids is 1. The highest BCUT2D eigenvalue weighted by atomic mass is 16.3. The van der Waals surface area contributed by atoms with Gasteiger partial charge in [-0.05, 0) is 105 Å². The number of aryl methyl sites for hydroxylation is 2. The molecule has 0 aliphatic heterocycles. The van der Waals surface area contributed by atoms with E-state index in [9.17, 15) is 9.90 Å². The fourth-order valence-corrected chi connectivity index (χ4v) is 7.05. The van der Waals surface area contributed by atoms with Crippen molar-refractivity contribution in [1.82, 2.24) is 9.97 Å². The number of rotatable bonds is 5. The molecule has 38 heavy (non-hydrogen) atoms. The van der Waals surface area contributed by atoms with E-state index in [-0.39, 0.29) is 17.1 Å². The van der Waals surface area contributed by atoms with Crippen LogP contribution in [-0.2, 0) is 30.5 Å². The van der Waals surface area contributed by atoms with Crippen LogP contribution in [0, 0.1) is 11.3 Å². The molecule has 1 fully saturated rings. The Labute approximate surface area is 225 Å². The summed E-state index contributed by atoms with van der Waals surface area (Å²) in [5, 5.41) is 13.2. The van der Waals surface area contributed by atoms with E-state index in [1.54, 1.807) is 17.2 Å². The fourth-order valence-electron chi connectivity index (χ4n) is 7.05. The van der Waals surface area contributed by atoms with E-state index in [4.69, 9.17) is 9.97 Å². The Morgan fingerprint density at radius 1 is 1.05 bits per heavy atom. The summed E-state index contributed by atoms with van der Waals surface area (Å²) in [6, 6.07) is 15.4. The van der Waals surface area contributed by atoms with E-state index in [0.29, 0.717) is 18.2 Å². The maximum Gasteiger partial charge on any atom is 0.229 e. The predicted molar refractivity (Wildman–Crippen MR) is 151 cm³/mol. The van der Waals surface area contributed by atoms with Crippen LogP contribution < -0.4 is 5.32 Å².